The molecule has 0 aromatic heterocycles. The van der Waals surface area contributed by atoms with Gasteiger partial charge in [0.05, 0.1) is 0 Å². The summed E-state index contributed by atoms with van der Waals surface area (Å²) < 4.78 is 0. The van der Waals surface area contributed by atoms with E-state index in [9.17, 15) is 0 Å². The molecule has 2 N–H and O–H groups in total. The fourth-order valence-electron chi connectivity index (χ4n) is 9.39. The minimum absolute atomic E-state index is 0.283. The predicted molar refractivity (Wildman–Crippen MR) is 209 cm³/mol. The van der Waals surface area contributed by atoms with Gasteiger partial charge in [-0.3, -0.25) is 0 Å². The van der Waals surface area contributed by atoms with E-state index in [4.69, 9.17) is 5.73 Å². The van der Waals surface area contributed by atoms with Gasteiger partial charge in [-0.15, -0.1) is 5.73 Å². The number of nitrogens with two attached hydrogens (primary N) is 1. The maximum atomic E-state index is 5.74. The molecular weight excluding hydrogens is 567 g/mol. The lowest BCUT2D eigenvalue weighted by Gasteiger charge is -2.57. The molecule has 1 aromatic rings. The third kappa shape index (κ3) is 9.32. The van der Waals surface area contributed by atoms with Crippen LogP contribution >= 0.6 is 0 Å². The first kappa shape index (κ1) is 38.4. The monoisotopic (exact) mass is 634 g/mol. The third-order valence-corrected chi connectivity index (χ3v) is 11.8. The summed E-state index contributed by atoms with van der Waals surface area (Å²) in [4.78, 5) is 0. The molecule has 5 aliphatic rings. The van der Waals surface area contributed by atoms with Gasteiger partial charge in [0, 0.05) is 11.1 Å². The fourth-order valence-corrected chi connectivity index (χ4v) is 9.39. The molecule has 0 amide bonds. The van der Waals surface area contributed by atoms with Gasteiger partial charge in [0.15, 0.2) is 0 Å². The van der Waals surface area contributed by atoms with Gasteiger partial charge in [0.25, 0.3) is 0 Å². The van der Waals surface area contributed by atoms with Gasteiger partial charge in [0.2, 0.25) is 0 Å². The van der Waals surface area contributed by atoms with Crippen LogP contribution in [0.4, 0.5) is 5.69 Å². The Morgan fingerprint density at radius 1 is 0.979 bits per heavy atom. The van der Waals surface area contributed by atoms with Gasteiger partial charge >= 0.3 is 0 Å². The van der Waals surface area contributed by atoms with E-state index in [1.54, 1.807) is 5.57 Å². The minimum Gasteiger partial charge on any atom is -0.399 e. The largest absolute Gasteiger partial charge is 0.399 e. The van der Waals surface area contributed by atoms with Crippen molar-refractivity contribution in [3.63, 3.8) is 0 Å². The van der Waals surface area contributed by atoms with Crippen LogP contribution in [-0.2, 0) is 6.42 Å². The molecule has 3 saturated carbocycles. The number of fused-ring (bicyclic) bond motifs is 5. The van der Waals surface area contributed by atoms with Crippen LogP contribution in [0.15, 0.2) is 114 Å². The Bertz CT molecular complexity index is 1370. The topological polar surface area (TPSA) is 26.0 Å². The number of hydrogen-bond acceptors (Lipinski definition) is 1. The lowest BCUT2D eigenvalue weighted by Crippen LogP contribution is -2.49. The van der Waals surface area contributed by atoms with Crippen molar-refractivity contribution in [1.29, 1.82) is 0 Å². The van der Waals surface area contributed by atoms with E-state index in [1.165, 1.54) is 80.1 Å². The Hall–Kier alpha value is -3.02. The maximum Gasteiger partial charge on any atom is 0.0316 e. The average Bonchev–Trinajstić information content (AvgIpc) is 3.22. The van der Waals surface area contributed by atoms with Crippen LogP contribution in [0.25, 0.3) is 0 Å². The summed E-state index contributed by atoms with van der Waals surface area (Å²) in [5.74, 6) is 3.34. The van der Waals surface area contributed by atoms with Gasteiger partial charge in [-0.1, -0.05) is 147 Å². The molecular formula is C46H67N. The summed E-state index contributed by atoms with van der Waals surface area (Å²) in [6.45, 7) is 24.0. The van der Waals surface area contributed by atoms with Crippen LogP contribution in [0.5, 0.6) is 0 Å². The lowest BCUT2D eigenvalue weighted by atomic mass is 9.47. The molecule has 1 heteroatoms. The minimum atomic E-state index is 0.283. The summed E-state index contributed by atoms with van der Waals surface area (Å²) in [6.07, 6.45) is 33.3. The Balaban J connectivity index is 0.000000232. The van der Waals surface area contributed by atoms with E-state index in [2.05, 4.69) is 108 Å². The van der Waals surface area contributed by atoms with Crippen LogP contribution < -0.4 is 5.73 Å². The molecule has 5 aliphatic carbocycles. The zero-order chi connectivity index (χ0) is 34.5. The smallest absolute Gasteiger partial charge is 0.0316 e. The van der Waals surface area contributed by atoms with Gasteiger partial charge < -0.3 is 5.73 Å². The van der Waals surface area contributed by atoms with E-state index < -0.39 is 0 Å². The zero-order valence-electron chi connectivity index (χ0n) is 31.2. The van der Waals surface area contributed by atoms with Crippen LogP contribution in [0, 0.1) is 34.5 Å². The van der Waals surface area contributed by atoms with Crippen LogP contribution in [0.3, 0.4) is 0 Å². The fraction of sp³-hybridized carbons (Fsp3) is 0.543. The first-order valence-corrected chi connectivity index (χ1v) is 19.0. The second-order valence-electron chi connectivity index (χ2n) is 14.6. The van der Waals surface area contributed by atoms with Gasteiger partial charge in [0.1, 0.15) is 0 Å². The first-order valence-electron chi connectivity index (χ1n) is 19.0. The molecule has 3 fully saturated rings. The van der Waals surface area contributed by atoms with Crippen molar-refractivity contribution in [2.24, 2.45) is 34.5 Å². The number of rotatable bonds is 6. The van der Waals surface area contributed by atoms with E-state index >= 15 is 0 Å². The van der Waals surface area contributed by atoms with Crippen molar-refractivity contribution >= 4 is 5.69 Å². The Morgan fingerprint density at radius 3 is 2.40 bits per heavy atom. The first-order chi connectivity index (χ1) is 22.7. The van der Waals surface area contributed by atoms with Crippen molar-refractivity contribution in [3.8, 4) is 0 Å². The number of allylic oxidation sites excluding steroid dienone is 12. The molecule has 0 bridgehead atoms. The third-order valence-electron chi connectivity index (χ3n) is 11.8. The molecule has 0 spiro atoms. The van der Waals surface area contributed by atoms with Crippen molar-refractivity contribution in [3.05, 3.63) is 120 Å². The normalized spacial score (nSPS) is 29.7. The summed E-state index contributed by atoms with van der Waals surface area (Å²) in [7, 11) is 0. The zero-order valence-corrected chi connectivity index (χ0v) is 31.2. The van der Waals surface area contributed by atoms with E-state index in [0.717, 1.165) is 48.6 Å². The lowest BCUT2D eigenvalue weighted by molar-refractivity contribution is -0.0280. The highest BCUT2D eigenvalue weighted by Crippen LogP contribution is 2.67. The molecule has 47 heavy (non-hydrogen) atoms. The van der Waals surface area contributed by atoms with E-state index in [0.29, 0.717) is 5.41 Å². The molecule has 256 valence electrons. The van der Waals surface area contributed by atoms with Crippen molar-refractivity contribution in [2.75, 3.05) is 5.73 Å². The number of benzene rings is 1. The molecule has 1 aromatic carbocycles. The molecule has 6 rings (SSSR count). The van der Waals surface area contributed by atoms with Crippen LogP contribution in [-0.4, -0.2) is 0 Å². The molecule has 0 aliphatic heterocycles. The average molecular weight is 634 g/mol. The maximum absolute atomic E-state index is 5.74. The summed E-state index contributed by atoms with van der Waals surface area (Å²) in [6, 6.07) is 8.07. The highest BCUT2D eigenvalue weighted by atomic mass is 14.6. The Kier molecular flexibility index (Phi) is 15.1. The molecule has 0 heterocycles. The molecule has 1 nitrogen and oxygen atoms in total. The van der Waals surface area contributed by atoms with Crippen molar-refractivity contribution in [2.45, 2.75) is 126 Å². The second-order valence-corrected chi connectivity index (χ2v) is 14.6. The van der Waals surface area contributed by atoms with Crippen LogP contribution in [0.2, 0.25) is 0 Å². The number of anilines is 1. The molecule has 6 atom stereocenters. The summed E-state index contributed by atoms with van der Waals surface area (Å²) >= 11 is 0. The summed E-state index contributed by atoms with van der Waals surface area (Å²) in [5.41, 5.74) is 17.6. The highest BCUT2D eigenvalue weighted by molar-refractivity contribution is 5.44. The van der Waals surface area contributed by atoms with Gasteiger partial charge in [-0.25, -0.2) is 0 Å². The number of nitrogen functional groups attached to an aromatic ring is 1. The summed E-state index contributed by atoms with van der Waals surface area (Å²) in [5, 5.41) is 0. The van der Waals surface area contributed by atoms with Crippen LogP contribution in [0.1, 0.15) is 125 Å². The molecule has 6 unspecified atom stereocenters. The number of hydrogen-bond donors (Lipinski definition) is 1. The second kappa shape index (κ2) is 18.5. The van der Waals surface area contributed by atoms with Crippen molar-refractivity contribution < 1.29 is 0 Å². The van der Waals surface area contributed by atoms with E-state index in [1.807, 2.05) is 32.0 Å². The Morgan fingerprint density at radius 2 is 1.74 bits per heavy atom. The number of unbranched alkanes of at least 4 members (excludes halogenated alkanes) is 2. The van der Waals surface area contributed by atoms with Crippen molar-refractivity contribution in [1.82, 2.24) is 0 Å². The molecule has 0 radical (unpaired) electrons. The SMILES string of the molecule is C=C=C(CC)C1CCC2C3CCC4=CC(=C)C=CC4(C)C3CCC12C.CC.CCCCC.Nc1cccc(CC2=CCC=CC=C2)c1. The molecule has 0 saturated heterocycles. The van der Waals surface area contributed by atoms with E-state index in [-0.39, 0.29) is 5.41 Å². The van der Waals surface area contributed by atoms with Gasteiger partial charge in [-0.2, -0.15) is 0 Å². The highest BCUT2D eigenvalue weighted by Gasteiger charge is 2.58. The van der Waals surface area contributed by atoms with Gasteiger partial charge in [-0.05, 0) is 121 Å². The predicted octanol–water partition coefficient (Wildman–Crippen LogP) is 13.5. The quantitative estimate of drug-likeness (QED) is 0.245. The Labute approximate surface area is 290 Å². The standard InChI is InChI=1S/C25H34.C14H15N.C5H12.C2H6/c1-6-18(7-2)21-10-11-22-20-9-8-19-16-17(3)12-14-24(19,4)23(20)13-15-25(21,22)5;15-14-9-5-8-13(11-14)10-12-6-3-1-2-4-7-12;1-3-5-4-2;1-2/h12,14,16,20-23H,1,3,7-11,13,15H2,2,4-5H3;1-3,5-9,11H,4,10,15H2;3-5H2,1-2H3;1-2H3.